The van der Waals surface area contributed by atoms with E-state index in [1.165, 1.54) is 25.7 Å². The number of rotatable bonds is 3. The summed E-state index contributed by atoms with van der Waals surface area (Å²) in [6, 6.07) is 2.00. The van der Waals surface area contributed by atoms with Gasteiger partial charge in [0.05, 0.1) is 12.8 Å². The maximum Gasteiger partial charge on any atom is 0.343 e. The van der Waals surface area contributed by atoms with E-state index in [1.54, 1.807) is 23.8 Å². The lowest BCUT2D eigenvalue weighted by molar-refractivity contribution is 0.0528. The number of carbonyl (C=O) groups excluding carboxylic acids is 1. The van der Waals surface area contributed by atoms with Crippen LogP contribution in [0, 0.1) is 0 Å². The van der Waals surface area contributed by atoms with E-state index >= 15 is 0 Å². The second kappa shape index (κ2) is 4.99. The van der Waals surface area contributed by atoms with Crippen LogP contribution in [0.2, 0.25) is 0 Å². The lowest BCUT2D eigenvalue weighted by Crippen LogP contribution is -2.07. The summed E-state index contributed by atoms with van der Waals surface area (Å²) in [5, 5.41) is 4.32. The topological polar surface area (TPSA) is 56.5 Å². The molecule has 19 heavy (non-hydrogen) atoms. The summed E-state index contributed by atoms with van der Waals surface area (Å²) in [5.74, 6) is 0.175. The Hall–Kier alpha value is -1.91. The van der Waals surface area contributed by atoms with Crippen molar-refractivity contribution >= 4 is 11.6 Å². The number of hydrogen-bond donors (Lipinski definition) is 0. The molecule has 100 valence electrons. The van der Waals surface area contributed by atoms with Gasteiger partial charge in [-0.25, -0.2) is 14.3 Å². The monoisotopic (exact) mass is 259 g/mol. The molecule has 2 heterocycles. The zero-order valence-corrected chi connectivity index (χ0v) is 11.0. The van der Waals surface area contributed by atoms with Gasteiger partial charge >= 0.3 is 5.97 Å². The Bertz CT molecular complexity index is 600. The van der Waals surface area contributed by atoms with Gasteiger partial charge in [-0.2, -0.15) is 5.10 Å². The van der Waals surface area contributed by atoms with Gasteiger partial charge in [-0.15, -0.1) is 0 Å². The van der Waals surface area contributed by atoms with Crippen molar-refractivity contribution in [3.8, 4) is 0 Å². The highest BCUT2D eigenvalue weighted by Crippen LogP contribution is 2.33. The van der Waals surface area contributed by atoms with Crippen LogP contribution in [0.5, 0.6) is 0 Å². The number of nitrogens with zero attached hydrogens (tertiary/aromatic N) is 3. The van der Waals surface area contributed by atoms with Crippen LogP contribution in [-0.2, 0) is 4.74 Å². The van der Waals surface area contributed by atoms with Crippen molar-refractivity contribution in [1.29, 1.82) is 0 Å². The van der Waals surface area contributed by atoms with E-state index in [2.05, 4.69) is 10.1 Å². The lowest BCUT2D eigenvalue weighted by Gasteiger charge is -2.10. The highest BCUT2D eigenvalue weighted by atomic mass is 16.5. The van der Waals surface area contributed by atoms with E-state index in [1.807, 2.05) is 6.07 Å². The predicted octanol–water partition coefficient (Wildman–Crippen LogP) is 2.56. The van der Waals surface area contributed by atoms with Crippen LogP contribution in [0.15, 0.2) is 18.5 Å². The molecule has 2 aromatic heterocycles. The van der Waals surface area contributed by atoms with Crippen LogP contribution in [0.25, 0.3) is 5.65 Å². The summed E-state index contributed by atoms with van der Waals surface area (Å²) in [5.41, 5.74) is 2.20. The van der Waals surface area contributed by atoms with Crippen LogP contribution in [-0.4, -0.2) is 27.2 Å². The van der Waals surface area contributed by atoms with Crippen molar-refractivity contribution in [3.05, 3.63) is 29.7 Å². The van der Waals surface area contributed by atoms with Crippen molar-refractivity contribution in [2.24, 2.45) is 0 Å². The molecule has 0 aromatic carbocycles. The van der Waals surface area contributed by atoms with Gasteiger partial charge in [0.25, 0.3) is 0 Å². The standard InChI is InChI=1S/C14H17N3O2/c1-2-19-14(18)11-9-16-17-12(7-8-15-13(11)17)10-5-3-4-6-10/h7-10H,2-6H2,1H3. The average molecular weight is 259 g/mol. The van der Waals surface area contributed by atoms with Crippen LogP contribution in [0.3, 0.4) is 0 Å². The molecule has 0 radical (unpaired) electrons. The second-order valence-electron chi connectivity index (χ2n) is 4.87. The van der Waals surface area contributed by atoms with Crippen LogP contribution >= 0.6 is 0 Å². The molecule has 0 bridgehead atoms. The minimum Gasteiger partial charge on any atom is -0.462 e. The van der Waals surface area contributed by atoms with E-state index in [0.29, 0.717) is 23.7 Å². The van der Waals surface area contributed by atoms with Gasteiger partial charge < -0.3 is 4.74 Å². The Morgan fingerprint density at radius 3 is 3.00 bits per heavy atom. The molecule has 0 spiro atoms. The third kappa shape index (κ3) is 2.09. The zero-order chi connectivity index (χ0) is 13.2. The van der Waals surface area contributed by atoms with E-state index in [4.69, 9.17) is 4.74 Å². The van der Waals surface area contributed by atoms with E-state index in [-0.39, 0.29) is 5.97 Å². The quantitative estimate of drug-likeness (QED) is 0.795. The molecule has 1 saturated carbocycles. The fourth-order valence-electron chi connectivity index (χ4n) is 2.79. The molecular formula is C14H17N3O2. The Morgan fingerprint density at radius 1 is 1.47 bits per heavy atom. The van der Waals surface area contributed by atoms with E-state index in [9.17, 15) is 4.79 Å². The van der Waals surface area contributed by atoms with Crippen molar-refractivity contribution in [2.75, 3.05) is 6.61 Å². The molecule has 0 atom stereocenters. The summed E-state index contributed by atoms with van der Waals surface area (Å²) >= 11 is 0. The maximum atomic E-state index is 11.8. The molecule has 3 rings (SSSR count). The first kappa shape index (κ1) is 12.1. The van der Waals surface area contributed by atoms with Crippen molar-refractivity contribution in [3.63, 3.8) is 0 Å². The number of carbonyl (C=O) groups is 1. The maximum absolute atomic E-state index is 11.8. The minimum atomic E-state index is -0.353. The van der Waals surface area contributed by atoms with Crippen molar-refractivity contribution in [1.82, 2.24) is 14.6 Å². The van der Waals surface area contributed by atoms with Crippen molar-refractivity contribution < 1.29 is 9.53 Å². The SMILES string of the molecule is CCOC(=O)c1cnn2c(C3CCCC3)ccnc12. The zero-order valence-electron chi connectivity index (χ0n) is 11.0. The fourth-order valence-corrected chi connectivity index (χ4v) is 2.79. The van der Waals surface area contributed by atoms with Gasteiger partial charge in [0.2, 0.25) is 0 Å². The van der Waals surface area contributed by atoms with Crippen LogP contribution < -0.4 is 0 Å². The number of esters is 1. The summed E-state index contributed by atoms with van der Waals surface area (Å²) in [6.07, 6.45) is 8.22. The first-order valence-electron chi connectivity index (χ1n) is 6.81. The third-order valence-corrected chi connectivity index (χ3v) is 3.70. The molecule has 1 aliphatic carbocycles. The van der Waals surface area contributed by atoms with E-state index < -0.39 is 0 Å². The van der Waals surface area contributed by atoms with Gasteiger partial charge in [-0.3, -0.25) is 0 Å². The normalized spacial score (nSPS) is 16.1. The Balaban J connectivity index is 2.04. The molecule has 0 saturated heterocycles. The molecule has 0 aliphatic heterocycles. The predicted molar refractivity (Wildman–Crippen MR) is 70.2 cm³/mol. The molecule has 0 N–H and O–H groups in total. The first-order valence-corrected chi connectivity index (χ1v) is 6.81. The molecule has 1 aliphatic rings. The molecule has 1 fully saturated rings. The Labute approximate surface area is 111 Å². The van der Waals surface area contributed by atoms with Gasteiger partial charge in [-0.05, 0) is 25.8 Å². The summed E-state index contributed by atoms with van der Waals surface area (Å²) in [7, 11) is 0. The van der Waals surface area contributed by atoms with Gasteiger partial charge in [0, 0.05) is 17.8 Å². The molecule has 2 aromatic rings. The second-order valence-corrected chi connectivity index (χ2v) is 4.87. The number of hydrogen-bond acceptors (Lipinski definition) is 4. The average Bonchev–Trinajstić information content (AvgIpc) is 3.08. The van der Waals surface area contributed by atoms with Gasteiger partial charge in [0.15, 0.2) is 5.65 Å². The molecule has 0 unspecified atom stereocenters. The first-order chi connectivity index (χ1) is 9.31. The largest absolute Gasteiger partial charge is 0.462 e. The van der Waals surface area contributed by atoms with Crippen LogP contribution in [0.4, 0.5) is 0 Å². The number of fused-ring (bicyclic) bond motifs is 1. The van der Waals surface area contributed by atoms with Crippen LogP contribution in [0.1, 0.15) is 54.6 Å². The van der Waals surface area contributed by atoms with E-state index in [0.717, 1.165) is 5.69 Å². The smallest absolute Gasteiger partial charge is 0.343 e. The fraction of sp³-hybridized carbons (Fsp3) is 0.500. The summed E-state index contributed by atoms with van der Waals surface area (Å²) in [4.78, 5) is 16.1. The minimum absolute atomic E-state index is 0.353. The van der Waals surface area contributed by atoms with Gasteiger partial charge in [-0.1, -0.05) is 12.8 Å². The number of ether oxygens (including phenoxy) is 1. The molecule has 0 amide bonds. The highest BCUT2D eigenvalue weighted by Gasteiger charge is 2.22. The Kier molecular flexibility index (Phi) is 3.19. The van der Waals surface area contributed by atoms with Crippen molar-refractivity contribution in [2.45, 2.75) is 38.5 Å². The summed E-state index contributed by atoms with van der Waals surface area (Å²) in [6.45, 7) is 2.15. The number of aromatic nitrogens is 3. The molecular weight excluding hydrogens is 242 g/mol. The van der Waals surface area contributed by atoms with Gasteiger partial charge in [0.1, 0.15) is 5.56 Å². The summed E-state index contributed by atoms with van der Waals surface area (Å²) < 4.78 is 6.82. The Morgan fingerprint density at radius 2 is 2.26 bits per heavy atom. The molecule has 5 nitrogen and oxygen atoms in total. The molecule has 5 heteroatoms. The highest BCUT2D eigenvalue weighted by molar-refractivity contribution is 5.95. The lowest BCUT2D eigenvalue weighted by atomic mass is 10.0. The third-order valence-electron chi connectivity index (χ3n) is 3.70.